The number of hydrogen-bond acceptors (Lipinski definition) is 4. The van der Waals surface area contributed by atoms with Crippen LogP contribution in [0.5, 0.6) is 0 Å². The second-order valence-corrected chi connectivity index (χ2v) is 4.87. The molecule has 0 saturated carbocycles. The van der Waals surface area contributed by atoms with Gasteiger partial charge in [0.1, 0.15) is 17.3 Å². The van der Waals surface area contributed by atoms with Gasteiger partial charge in [-0.2, -0.15) is 5.10 Å². The van der Waals surface area contributed by atoms with Crippen molar-refractivity contribution in [2.24, 2.45) is 0 Å². The van der Waals surface area contributed by atoms with Crippen molar-refractivity contribution < 1.29 is 0 Å². The number of anilines is 1. The van der Waals surface area contributed by atoms with E-state index in [0.717, 1.165) is 30.8 Å². The molecule has 0 aliphatic heterocycles. The average Bonchev–Trinajstić information content (AvgIpc) is 2.86. The van der Waals surface area contributed by atoms with Gasteiger partial charge in [0.25, 0.3) is 0 Å². The summed E-state index contributed by atoms with van der Waals surface area (Å²) in [6, 6.07) is 2.12. The Morgan fingerprint density at radius 3 is 2.95 bits per heavy atom. The van der Waals surface area contributed by atoms with Gasteiger partial charge in [-0.15, -0.1) is 0 Å². The Morgan fingerprint density at radius 2 is 2.26 bits per heavy atom. The van der Waals surface area contributed by atoms with Gasteiger partial charge in [0.2, 0.25) is 0 Å². The lowest BCUT2D eigenvalue weighted by molar-refractivity contribution is 0.559. The van der Waals surface area contributed by atoms with Crippen LogP contribution in [-0.4, -0.2) is 25.8 Å². The van der Waals surface area contributed by atoms with Gasteiger partial charge in [0.05, 0.1) is 6.54 Å². The number of halogens is 1. The van der Waals surface area contributed by atoms with Crippen molar-refractivity contribution in [3.8, 4) is 0 Å². The summed E-state index contributed by atoms with van der Waals surface area (Å²) in [6.07, 6.45) is 7.09. The standard InChI is InChI=1S/C13H18ClN5/c1-3-5-11-12(14)15-9-16-13(11)18-10(2)8-19-7-4-6-17-19/h4,6-7,9-10H,3,5,8H2,1-2H3,(H,15,16,18). The molecule has 19 heavy (non-hydrogen) atoms. The Hall–Kier alpha value is -1.62. The summed E-state index contributed by atoms with van der Waals surface area (Å²) in [7, 11) is 0. The highest BCUT2D eigenvalue weighted by molar-refractivity contribution is 6.30. The van der Waals surface area contributed by atoms with Crippen LogP contribution in [0, 0.1) is 0 Å². The summed E-state index contributed by atoms with van der Waals surface area (Å²) >= 11 is 6.13. The summed E-state index contributed by atoms with van der Waals surface area (Å²) in [5, 5.41) is 8.10. The minimum atomic E-state index is 0.210. The molecule has 0 radical (unpaired) electrons. The summed E-state index contributed by atoms with van der Waals surface area (Å²) in [6.45, 7) is 4.98. The minimum absolute atomic E-state index is 0.210. The maximum Gasteiger partial charge on any atom is 0.137 e. The zero-order valence-corrected chi connectivity index (χ0v) is 11.9. The Morgan fingerprint density at radius 1 is 1.42 bits per heavy atom. The number of hydrogen-bond donors (Lipinski definition) is 1. The third kappa shape index (κ3) is 3.67. The molecular weight excluding hydrogens is 262 g/mol. The van der Waals surface area contributed by atoms with E-state index >= 15 is 0 Å². The highest BCUT2D eigenvalue weighted by Crippen LogP contribution is 2.22. The van der Waals surface area contributed by atoms with E-state index in [1.165, 1.54) is 6.33 Å². The number of rotatable bonds is 6. The number of nitrogens with one attached hydrogen (secondary N) is 1. The molecule has 0 amide bonds. The molecule has 0 bridgehead atoms. The second-order valence-electron chi connectivity index (χ2n) is 4.52. The molecule has 102 valence electrons. The first-order valence-electron chi connectivity index (χ1n) is 6.44. The lowest BCUT2D eigenvalue weighted by atomic mass is 10.2. The third-order valence-corrected chi connectivity index (χ3v) is 3.12. The number of aromatic nitrogens is 4. The van der Waals surface area contributed by atoms with Crippen molar-refractivity contribution in [2.45, 2.75) is 39.3 Å². The molecule has 0 spiro atoms. The van der Waals surface area contributed by atoms with Crippen molar-refractivity contribution in [1.29, 1.82) is 0 Å². The molecule has 6 heteroatoms. The summed E-state index contributed by atoms with van der Waals surface area (Å²) in [4.78, 5) is 8.33. The van der Waals surface area contributed by atoms with Gasteiger partial charge in [-0.05, 0) is 19.4 Å². The summed E-state index contributed by atoms with van der Waals surface area (Å²) in [5.41, 5.74) is 0.985. The SMILES string of the molecule is CCCc1c(Cl)ncnc1NC(C)Cn1cccn1. The molecule has 1 atom stereocenters. The predicted molar refractivity (Wildman–Crippen MR) is 76.3 cm³/mol. The molecule has 2 aromatic rings. The maximum absolute atomic E-state index is 6.13. The Bertz CT molecular complexity index is 512. The van der Waals surface area contributed by atoms with E-state index in [-0.39, 0.29) is 6.04 Å². The molecular formula is C13H18ClN5. The van der Waals surface area contributed by atoms with Crippen molar-refractivity contribution in [3.05, 3.63) is 35.5 Å². The van der Waals surface area contributed by atoms with Crippen LogP contribution in [0.4, 0.5) is 5.82 Å². The monoisotopic (exact) mass is 279 g/mol. The van der Waals surface area contributed by atoms with Crippen molar-refractivity contribution in [3.63, 3.8) is 0 Å². The van der Waals surface area contributed by atoms with Crippen LogP contribution in [0.15, 0.2) is 24.8 Å². The molecule has 0 saturated heterocycles. The van der Waals surface area contributed by atoms with Gasteiger partial charge >= 0.3 is 0 Å². The Balaban J connectivity index is 2.07. The molecule has 0 aromatic carbocycles. The van der Waals surface area contributed by atoms with Gasteiger partial charge in [0, 0.05) is 24.0 Å². The summed E-state index contributed by atoms with van der Waals surface area (Å²) in [5.74, 6) is 0.821. The Labute approximate surface area is 118 Å². The van der Waals surface area contributed by atoms with E-state index in [9.17, 15) is 0 Å². The van der Waals surface area contributed by atoms with E-state index < -0.39 is 0 Å². The fraction of sp³-hybridized carbons (Fsp3) is 0.462. The molecule has 0 fully saturated rings. The maximum atomic E-state index is 6.13. The van der Waals surface area contributed by atoms with Crippen LogP contribution in [0.1, 0.15) is 25.8 Å². The average molecular weight is 280 g/mol. The van der Waals surface area contributed by atoms with Gasteiger partial charge in [0.15, 0.2) is 0 Å². The molecule has 0 aliphatic carbocycles. The lowest BCUT2D eigenvalue weighted by Crippen LogP contribution is -2.23. The first-order valence-corrected chi connectivity index (χ1v) is 6.81. The topological polar surface area (TPSA) is 55.6 Å². The van der Waals surface area contributed by atoms with Crippen molar-refractivity contribution >= 4 is 17.4 Å². The minimum Gasteiger partial charge on any atom is -0.365 e. The molecule has 0 aliphatic rings. The molecule has 1 unspecified atom stereocenters. The van der Waals surface area contributed by atoms with Crippen molar-refractivity contribution in [2.75, 3.05) is 5.32 Å². The van der Waals surface area contributed by atoms with Crippen LogP contribution in [0.2, 0.25) is 5.15 Å². The fourth-order valence-electron chi connectivity index (χ4n) is 1.95. The van der Waals surface area contributed by atoms with E-state index in [4.69, 9.17) is 11.6 Å². The number of nitrogens with zero attached hydrogens (tertiary/aromatic N) is 4. The largest absolute Gasteiger partial charge is 0.365 e. The quantitative estimate of drug-likeness (QED) is 0.826. The zero-order valence-electron chi connectivity index (χ0n) is 11.2. The van der Waals surface area contributed by atoms with E-state index in [0.29, 0.717) is 5.15 Å². The molecule has 1 N–H and O–H groups in total. The highest BCUT2D eigenvalue weighted by Gasteiger charge is 2.11. The van der Waals surface area contributed by atoms with Gasteiger partial charge in [-0.3, -0.25) is 4.68 Å². The second kappa shape index (κ2) is 6.52. The molecule has 5 nitrogen and oxygen atoms in total. The highest BCUT2D eigenvalue weighted by atomic mass is 35.5. The van der Waals surface area contributed by atoms with E-state index in [1.807, 2.05) is 16.9 Å². The molecule has 2 aromatic heterocycles. The van der Waals surface area contributed by atoms with Gasteiger partial charge in [-0.25, -0.2) is 9.97 Å². The first-order chi connectivity index (χ1) is 9.20. The van der Waals surface area contributed by atoms with Crippen LogP contribution in [-0.2, 0) is 13.0 Å². The Kier molecular flexibility index (Phi) is 4.74. The lowest BCUT2D eigenvalue weighted by Gasteiger charge is -2.17. The third-order valence-electron chi connectivity index (χ3n) is 2.80. The fourth-order valence-corrected chi connectivity index (χ4v) is 2.18. The van der Waals surface area contributed by atoms with Crippen molar-refractivity contribution in [1.82, 2.24) is 19.7 Å². The molecule has 2 rings (SSSR count). The van der Waals surface area contributed by atoms with E-state index in [2.05, 4.69) is 34.2 Å². The first kappa shape index (κ1) is 13.8. The van der Waals surface area contributed by atoms with Gasteiger partial charge < -0.3 is 5.32 Å². The zero-order chi connectivity index (χ0) is 13.7. The van der Waals surface area contributed by atoms with E-state index in [1.54, 1.807) is 6.20 Å². The smallest absolute Gasteiger partial charge is 0.137 e. The summed E-state index contributed by atoms with van der Waals surface area (Å²) < 4.78 is 1.89. The van der Waals surface area contributed by atoms with Crippen LogP contribution < -0.4 is 5.32 Å². The van der Waals surface area contributed by atoms with Crippen LogP contribution in [0.3, 0.4) is 0 Å². The normalized spacial score (nSPS) is 12.4. The molecule has 2 heterocycles. The van der Waals surface area contributed by atoms with Crippen LogP contribution in [0.25, 0.3) is 0 Å². The van der Waals surface area contributed by atoms with Gasteiger partial charge in [-0.1, -0.05) is 24.9 Å². The van der Waals surface area contributed by atoms with Crippen LogP contribution >= 0.6 is 11.6 Å². The predicted octanol–water partition coefficient (Wildman–Crippen LogP) is 2.78.